The third-order valence-electron chi connectivity index (χ3n) is 1.24. The van der Waals surface area contributed by atoms with Crippen LogP contribution in [-0.2, 0) is 19.1 Å². The van der Waals surface area contributed by atoms with Gasteiger partial charge in [-0.25, -0.2) is 9.18 Å². The van der Waals surface area contributed by atoms with Crippen molar-refractivity contribution < 1.29 is 23.5 Å². The van der Waals surface area contributed by atoms with Crippen LogP contribution in [0.25, 0.3) is 0 Å². The van der Waals surface area contributed by atoms with Crippen molar-refractivity contribution in [2.45, 2.75) is 38.8 Å². The summed E-state index contributed by atoms with van der Waals surface area (Å²) < 4.78 is 22.5. The Labute approximate surface area is 98.9 Å². The number of carbonyl (C=O) groups is 2. The number of carbonyl (C=O) groups excluding carboxylic acids is 2. The molecule has 1 unspecified atom stereocenters. The van der Waals surface area contributed by atoms with Crippen LogP contribution < -0.4 is 0 Å². The summed E-state index contributed by atoms with van der Waals surface area (Å²) in [6.45, 7) is 6.85. The second-order valence-electron chi connectivity index (χ2n) is 3.97. The molecule has 0 N–H and O–H groups in total. The van der Waals surface area contributed by atoms with Crippen molar-refractivity contribution in [1.29, 1.82) is 0 Å². The van der Waals surface area contributed by atoms with E-state index in [9.17, 15) is 14.0 Å². The summed E-state index contributed by atoms with van der Waals surface area (Å²) in [6, 6.07) is 0. The Balaban J connectivity index is 3.88. The lowest BCUT2D eigenvalue weighted by Crippen LogP contribution is -2.26. The van der Waals surface area contributed by atoms with Crippen molar-refractivity contribution in [2.24, 2.45) is 0 Å². The fourth-order valence-corrected chi connectivity index (χ4v) is 1.33. The van der Waals surface area contributed by atoms with Crippen LogP contribution in [0.1, 0.15) is 27.7 Å². The summed E-state index contributed by atoms with van der Waals surface area (Å²) in [5.74, 6) is -1.72. The monoisotopic (exact) mass is 252 g/mol. The van der Waals surface area contributed by atoms with Gasteiger partial charge in [-0.15, -0.1) is 11.8 Å². The zero-order chi connectivity index (χ0) is 12.8. The van der Waals surface area contributed by atoms with Gasteiger partial charge in [0.25, 0.3) is 0 Å². The van der Waals surface area contributed by atoms with Gasteiger partial charge < -0.3 is 9.47 Å². The van der Waals surface area contributed by atoms with Crippen LogP contribution in [0.2, 0.25) is 0 Å². The molecule has 0 fully saturated rings. The average molecular weight is 252 g/mol. The molecule has 0 aliphatic heterocycles. The summed E-state index contributed by atoms with van der Waals surface area (Å²) in [5.41, 5.74) is -2.44. The Kier molecular flexibility index (Phi) is 6.40. The number of hydrogen-bond donors (Lipinski definition) is 0. The Hall–Kier alpha value is -0.780. The van der Waals surface area contributed by atoms with Gasteiger partial charge in [0.05, 0.1) is 12.4 Å². The van der Waals surface area contributed by atoms with Crippen LogP contribution in [0.3, 0.4) is 0 Å². The van der Waals surface area contributed by atoms with Gasteiger partial charge in [0, 0.05) is 0 Å². The minimum absolute atomic E-state index is 0.117. The first-order valence-electron chi connectivity index (χ1n) is 4.90. The lowest BCUT2D eigenvalue weighted by Gasteiger charge is -2.19. The minimum Gasteiger partial charge on any atom is -0.463 e. The zero-order valence-corrected chi connectivity index (χ0v) is 10.7. The lowest BCUT2D eigenvalue weighted by atomic mass is 10.2. The molecule has 16 heavy (non-hydrogen) atoms. The van der Waals surface area contributed by atoms with E-state index in [0.717, 1.165) is 0 Å². The predicted molar refractivity (Wildman–Crippen MR) is 59.8 cm³/mol. The van der Waals surface area contributed by atoms with Crippen LogP contribution >= 0.6 is 11.8 Å². The topological polar surface area (TPSA) is 52.6 Å². The van der Waals surface area contributed by atoms with Crippen molar-refractivity contribution in [3.8, 4) is 0 Å². The van der Waals surface area contributed by atoms with Gasteiger partial charge in [-0.1, -0.05) is 0 Å². The van der Waals surface area contributed by atoms with Crippen LogP contribution in [0.4, 0.5) is 4.39 Å². The van der Waals surface area contributed by atoms with Gasteiger partial charge in [0.1, 0.15) is 5.60 Å². The standard InChI is InChI=1S/C10H17FO4S/c1-5-14-9(13)8(11)16-6-7(12)15-10(2,3)4/h8H,5-6H2,1-4H3. The molecule has 0 aromatic carbocycles. The molecule has 0 saturated heterocycles. The van der Waals surface area contributed by atoms with Crippen LogP contribution in [0, 0.1) is 0 Å². The van der Waals surface area contributed by atoms with Gasteiger partial charge >= 0.3 is 11.9 Å². The van der Waals surface area contributed by atoms with E-state index >= 15 is 0 Å². The molecule has 0 rings (SSSR count). The Bertz CT molecular complexity index is 250. The maximum Gasteiger partial charge on any atom is 0.351 e. The molecule has 6 heteroatoms. The van der Waals surface area contributed by atoms with Crippen LogP contribution in [0.15, 0.2) is 0 Å². The normalized spacial score (nSPS) is 13.1. The SMILES string of the molecule is CCOC(=O)C(F)SCC(=O)OC(C)(C)C. The zero-order valence-electron chi connectivity index (χ0n) is 9.91. The molecule has 1 atom stereocenters. The van der Waals surface area contributed by atoms with Crippen molar-refractivity contribution in [3.05, 3.63) is 0 Å². The van der Waals surface area contributed by atoms with Crippen LogP contribution in [-0.4, -0.2) is 35.4 Å². The molecular formula is C10H17FO4S. The van der Waals surface area contributed by atoms with E-state index < -0.39 is 23.0 Å². The largest absolute Gasteiger partial charge is 0.463 e. The number of rotatable bonds is 5. The third-order valence-corrected chi connectivity index (χ3v) is 2.13. The molecule has 0 spiro atoms. The number of thioether (sulfide) groups is 1. The van der Waals surface area contributed by atoms with Gasteiger partial charge in [-0.3, -0.25) is 4.79 Å². The van der Waals surface area contributed by atoms with E-state index in [1.54, 1.807) is 27.7 Å². The molecule has 0 aliphatic rings. The first kappa shape index (κ1) is 15.2. The van der Waals surface area contributed by atoms with E-state index in [0.29, 0.717) is 11.8 Å². The average Bonchev–Trinajstić information content (AvgIpc) is 2.11. The van der Waals surface area contributed by atoms with E-state index in [2.05, 4.69) is 4.74 Å². The Morgan fingerprint density at radius 3 is 2.38 bits per heavy atom. The number of ether oxygens (including phenoxy) is 2. The molecule has 0 aromatic rings. The highest BCUT2D eigenvalue weighted by molar-refractivity contribution is 8.01. The summed E-state index contributed by atoms with van der Waals surface area (Å²) in [7, 11) is 0. The van der Waals surface area contributed by atoms with Crippen molar-refractivity contribution in [2.75, 3.05) is 12.4 Å². The van der Waals surface area contributed by atoms with Gasteiger partial charge in [0.2, 0.25) is 5.50 Å². The Morgan fingerprint density at radius 1 is 1.38 bits per heavy atom. The fourth-order valence-electron chi connectivity index (χ4n) is 0.788. The van der Waals surface area contributed by atoms with E-state index in [1.165, 1.54) is 0 Å². The highest BCUT2D eigenvalue weighted by Gasteiger charge is 2.22. The van der Waals surface area contributed by atoms with Gasteiger partial charge in [0.15, 0.2) is 0 Å². The fraction of sp³-hybridized carbons (Fsp3) is 0.800. The van der Waals surface area contributed by atoms with Crippen molar-refractivity contribution in [3.63, 3.8) is 0 Å². The lowest BCUT2D eigenvalue weighted by molar-refractivity contribution is -0.151. The maximum absolute atomic E-state index is 13.1. The summed E-state index contributed by atoms with van der Waals surface area (Å²) in [6.07, 6.45) is 0. The summed E-state index contributed by atoms with van der Waals surface area (Å²) in [4.78, 5) is 22.1. The molecule has 94 valence electrons. The molecule has 0 aromatic heterocycles. The molecule has 0 amide bonds. The van der Waals surface area contributed by atoms with E-state index in [4.69, 9.17) is 4.74 Å². The smallest absolute Gasteiger partial charge is 0.351 e. The first-order chi connectivity index (χ1) is 7.26. The highest BCUT2D eigenvalue weighted by atomic mass is 32.2. The molecular weight excluding hydrogens is 235 g/mol. The Morgan fingerprint density at radius 2 is 1.94 bits per heavy atom. The molecule has 0 aliphatic carbocycles. The van der Waals surface area contributed by atoms with Crippen molar-refractivity contribution in [1.82, 2.24) is 0 Å². The highest BCUT2D eigenvalue weighted by Crippen LogP contribution is 2.16. The number of hydrogen-bond acceptors (Lipinski definition) is 5. The molecule has 0 radical (unpaired) electrons. The quantitative estimate of drug-likeness (QED) is 0.700. The van der Waals surface area contributed by atoms with Crippen LogP contribution in [0.5, 0.6) is 0 Å². The first-order valence-corrected chi connectivity index (χ1v) is 5.95. The summed E-state index contributed by atoms with van der Waals surface area (Å²) >= 11 is 0.558. The van der Waals surface area contributed by atoms with Gasteiger partial charge in [-0.2, -0.15) is 0 Å². The number of halogens is 1. The van der Waals surface area contributed by atoms with E-state index in [-0.39, 0.29) is 12.4 Å². The second-order valence-corrected chi connectivity index (χ2v) is 5.00. The number of esters is 2. The second kappa shape index (κ2) is 6.73. The van der Waals surface area contributed by atoms with Gasteiger partial charge in [-0.05, 0) is 27.7 Å². The maximum atomic E-state index is 13.1. The molecule has 0 heterocycles. The van der Waals surface area contributed by atoms with Crippen molar-refractivity contribution >= 4 is 23.7 Å². The number of alkyl halides is 1. The molecule has 0 bridgehead atoms. The molecule has 4 nitrogen and oxygen atoms in total. The predicted octanol–water partition coefficient (Wildman–Crippen LogP) is 1.92. The van der Waals surface area contributed by atoms with E-state index in [1.807, 2.05) is 0 Å². The molecule has 0 saturated carbocycles. The third kappa shape index (κ3) is 7.50. The minimum atomic E-state index is -1.84. The summed E-state index contributed by atoms with van der Waals surface area (Å²) in [5, 5.41) is 0.